The van der Waals surface area contributed by atoms with Crippen molar-refractivity contribution in [2.24, 2.45) is 0 Å². The van der Waals surface area contributed by atoms with Crippen LogP contribution in [0.4, 0.5) is 0 Å². The zero-order chi connectivity index (χ0) is 24.2. The molecule has 188 valence electrons. The zero-order valence-electron chi connectivity index (χ0n) is 21.4. The second-order valence-electron chi connectivity index (χ2n) is 8.06. The number of rotatable bonds is 22. The summed E-state index contributed by atoms with van der Waals surface area (Å²) >= 11 is 0. The molecular weight excluding hydrogens is 412 g/mol. The van der Waals surface area contributed by atoms with E-state index in [2.05, 4.69) is 19.1 Å². The van der Waals surface area contributed by atoms with Gasteiger partial charge in [-0.2, -0.15) is 0 Å². The van der Waals surface area contributed by atoms with Crippen LogP contribution in [-0.4, -0.2) is 38.5 Å². The molecule has 4 nitrogen and oxygen atoms in total. The summed E-state index contributed by atoms with van der Waals surface area (Å²) < 4.78 is 16.4. The van der Waals surface area contributed by atoms with Crippen LogP contribution >= 0.6 is 0 Å². The quantitative estimate of drug-likeness (QED) is 0.0719. The summed E-state index contributed by atoms with van der Waals surface area (Å²) in [4.78, 5) is 12.0. The monoisotopic (exact) mass is 460 g/mol. The van der Waals surface area contributed by atoms with E-state index in [9.17, 15) is 4.79 Å². The highest BCUT2D eigenvalue weighted by atomic mass is 16.6. The Morgan fingerprint density at radius 1 is 0.636 bits per heavy atom. The van der Waals surface area contributed by atoms with Crippen LogP contribution in [0.25, 0.3) is 0 Å². The van der Waals surface area contributed by atoms with Crippen molar-refractivity contribution in [1.29, 1.82) is 0 Å². The number of unbranched alkanes of at least 4 members (excludes halogenated alkanes) is 7. The third kappa shape index (κ3) is 24.6. The molecule has 0 saturated heterocycles. The van der Waals surface area contributed by atoms with Gasteiger partial charge in [0.15, 0.2) is 0 Å². The molecule has 0 aromatic heterocycles. The molecule has 4 heteroatoms. The van der Waals surface area contributed by atoms with Crippen LogP contribution in [0.5, 0.6) is 0 Å². The van der Waals surface area contributed by atoms with Crippen LogP contribution in [0, 0.1) is 0 Å². The summed E-state index contributed by atoms with van der Waals surface area (Å²) in [7, 11) is 0. The summed E-state index contributed by atoms with van der Waals surface area (Å²) in [5.41, 5.74) is 0. The molecule has 0 aromatic rings. The van der Waals surface area contributed by atoms with Gasteiger partial charge in [0.1, 0.15) is 6.10 Å². The van der Waals surface area contributed by atoms with Crippen molar-refractivity contribution in [1.82, 2.24) is 0 Å². The Morgan fingerprint density at radius 3 is 1.73 bits per heavy atom. The Labute approximate surface area is 203 Å². The standard InChI is InChI=1S/C29H48O4/c1-4-7-8-9-10-11-12-13-14-15-16-17-18-19-20-21-22-23-29(30)33-28(26-31-24-5-2)27-32-25-6-3/h14-23,28H,4-13,24-27H2,1-3H3/b15-14+,17-16+,19-18+,21-20+,23-22+. The first-order valence-corrected chi connectivity index (χ1v) is 12.9. The second kappa shape index (κ2) is 26.3. The third-order valence-corrected chi connectivity index (χ3v) is 4.71. The van der Waals surface area contributed by atoms with Gasteiger partial charge in [-0.15, -0.1) is 0 Å². The number of esters is 1. The highest BCUT2D eigenvalue weighted by molar-refractivity contribution is 5.82. The van der Waals surface area contributed by atoms with Crippen molar-refractivity contribution in [2.45, 2.75) is 91.1 Å². The highest BCUT2D eigenvalue weighted by Crippen LogP contribution is 2.08. The molecule has 0 saturated carbocycles. The number of hydrogen-bond donors (Lipinski definition) is 0. The van der Waals surface area contributed by atoms with Crippen LogP contribution in [0.15, 0.2) is 60.8 Å². The number of hydrogen-bond acceptors (Lipinski definition) is 4. The van der Waals surface area contributed by atoms with E-state index in [1.54, 1.807) is 12.2 Å². The van der Waals surface area contributed by atoms with E-state index >= 15 is 0 Å². The van der Waals surface area contributed by atoms with E-state index in [4.69, 9.17) is 14.2 Å². The van der Waals surface area contributed by atoms with E-state index in [1.807, 2.05) is 44.2 Å². The van der Waals surface area contributed by atoms with Gasteiger partial charge in [-0.05, 0) is 25.7 Å². The molecule has 0 radical (unpaired) electrons. The molecule has 0 aliphatic rings. The lowest BCUT2D eigenvalue weighted by Gasteiger charge is -2.17. The van der Waals surface area contributed by atoms with Crippen LogP contribution in [0.2, 0.25) is 0 Å². The van der Waals surface area contributed by atoms with Crippen molar-refractivity contribution in [3.05, 3.63) is 60.8 Å². The van der Waals surface area contributed by atoms with Gasteiger partial charge in [0, 0.05) is 19.3 Å². The smallest absolute Gasteiger partial charge is 0.331 e. The van der Waals surface area contributed by atoms with Crippen LogP contribution in [-0.2, 0) is 19.0 Å². The molecular formula is C29H48O4. The molecule has 0 aliphatic heterocycles. The topological polar surface area (TPSA) is 44.8 Å². The Morgan fingerprint density at radius 2 is 1.15 bits per heavy atom. The molecule has 0 unspecified atom stereocenters. The van der Waals surface area contributed by atoms with Crippen molar-refractivity contribution in [3.63, 3.8) is 0 Å². The minimum atomic E-state index is -0.389. The fourth-order valence-electron chi connectivity index (χ4n) is 2.95. The Bertz CT molecular complexity index is 562. The van der Waals surface area contributed by atoms with E-state index in [1.165, 1.54) is 51.0 Å². The largest absolute Gasteiger partial charge is 0.454 e. The van der Waals surface area contributed by atoms with E-state index in [-0.39, 0.29) is 12.1 Å². The molecule has 0 spiro atoms. The number of carbonyl (C=O) groups is 1. The average molecular weight is 461 g/mol. The predicted octanol–water partition coefficient (Wildman–Crippen LogP) is 7.67. The maximum atomic E-state index is 12.0. The van der Waals surface area contributed by atoms with Gasteiger partial charge in [-0.25, -0.2) is 4.79 Å². The maximum Gasteiger partial charge on any atom is 0.331 e. The van der Waals surface area contributed by atoms with E-state index in [0.29, 0.717) is 26.4 Å². The second-order valence-corrected chi connectivity index (χ2v) is 8.06. The van der Waals surface area contributed by atoms with Gasteiger partial charge in [-0.3, -0.25) is 0 Å². The molecule has 0 heterocycles. The fourth-order valence-corrected chi connectivity index (χ4v) is 2.95. The minimum Gasteiger partial charge on any atom is -0.454 e. The predicted molar refractivity (Wildman–Crippen MR) is 140 cm³/mol. The van der Waals surface area contributed by atoms with Crippen molar-refractivity contribution in [3.8, 4) is 0 Å². The lowest BCUT2D eigenvalue weighted by molar-refractivity contribution is -0.150. The van der Waals surface area contributed by atoms with Gasteiger partial charge in [0.25, 0.3) is 0 Å². The minimum absolute atomic E-state index is 0.357. The summed E-state index contributed by atoms with van der Waals surface area (Å²) in [6, 6.07) is 0. The van der Waals surface area contributed by atoms with E-state index < -0.39 is 0 Å². The summed E-state index contributed by atoms with van der Waals surface area (Å²) in [6.45, 7) is 8.36. The Balaban J connectivity index is 4.00. The Kier molecular flexibility index (Phi) is 24.8. The lowest BCUT2D eigenvalue weighted by Crippen LogP contribution is -2.28. The molecule has 0 rings (SSSR count). The van der Waals surface area contributed by atoms with Gasteiger partial charge < -0.3 is 14.2 Å². The number of ether oxygens (including phenoxy) is 3. The van der Waals surface area contributed by atoms with Crippen molar-refractivity contribution < 1.29 is 19.0 Å². The first-order chi connectivity index (χ1) is 16.2. The molecule has 0 bridgehead atoms. The Hall–Kier alpha value is -1.91. The van der Waals surface area contributed by atoms with Crippen LogP contribution in [0.3, 0.4) is 0 Å². The average Bonchev–Trinajstić information content (AvgIpc) is 2.81. The molecule has 0 aliphatic carbocycles. The van der Waals surface area contributed by atoms with Gasteiger partial charge in [-0.1, -0.05) is 114 Å². The first kappa shape index (κ1) is 31.1. The van der Waals surface area contributed by atoms with Gasteiger partial charge >= 0.3 is 5.97 Å². The van der Waals surface area contributed by atoms with Crippen molar-refractivity contribution in [2.75, 3.05) is 26.4 Å². The maximum absolute atomic E-state index is 12.0. The highest BCUT2D eigenvalue weighted by Gasteiger charge is 2.13. The summed E-state index contributed by atoms with van der Waals surface area (Å²) in [6.07, 6.45) is 31.1. The molecule has 0 atom stereocenters. The number of allylic oxidation sites excluding steroid dienone is 9. The molecule has 0 aromatic carbocycles. The summed E-state index contributed by atoms with van der Waals surface area (Å²) in [5, 5.41) is 0. The fraction of sp³-hybridized carbons (Fsp3) is 0.621. The molecule has 33 heavy (non-hydrogen) atoms. The van der Waals surface area contributed by atoms with Crippen LogP contribution < -0.4 is 0 Å². The lowest BCUT2D eigenvalue weighted by atomic mass is 10.1. The van der Waals surface area contributed by atoms with Crippen molar-refractivity contribution >= 4 is 5.97 Å². The van der Waals surface area contributed by atoms with Gasteiger partial charge in [0.05, 0.1) is 13.2 Å². The zero-order valence-corrected chi connectivity index (χ0v) is 21.4. The van der Waals surface area contributed by atoms with Gasteiger partial charge in [0.2, 0.25) is 0 Å². The third-order valence-electron chi connectivity index (χ3n) is 4.71. The SMILES string of the molecule is CCCCCCCCC/C=C/C=C/C=C/C=C/C=C/C(=O)OC(COCCC)COCCC. The molecule has 0 N–H and O–H groups in total. The molecule has 0 amide bonds. The van der Waals surface area contributed by atoms with Crippen LogP contribution in [0.1, 0.15) is 85.0 Å². The normalized spacial score (nSPS) is 12.6. The van der Waals surface area contributed by atoms with E-state index in [0.717, 1.165) is 19.3 Å². The molecule has 0 fully saturated rings. The first-order valence-electron chi connectivity index (χ1n) is 12.9. The number of carbonyl (C=O) groups excluding carboxylic acids is 1. The summed E-state index contributed by atoms with van der Waals surface area (Å²) in [5.74, 6) is -0.389.